The van der Waals surface area contributed by atoms with Crippen molar-refractivity contribution in [3.05, 3.63) is 94.0 Å². The number of nitrogens with zero attached hydrogens (tertiary/aromatic N) is 4. The van der Waals surface area contributed by atoms with E-state index < -0.39 is 0 Å². The zero-order valence-corrected chi connectivity index (χ0v) is 24.7. The van der Waals surface area contributed by atoms with Gasteiger partial charge in [-0.05, 0) is 92.4 Å². The van der Waals surface area contributed by atoms with E-state index >= 15 is 0 Å². The number of halogens is 1. The molecule has 5 rings (SSSR count). The van der Waals surface area contributed by atoms with Gasteiger partial charge in [-0.3, -0.25) is 14.4 Å². The van der Waals surface area contributed by atoms with E-state index in [1.165, 1.54) is 0 Å². The Bertz CT molecular complexity index is 1440. The van der Waals surface area contributed by atoms with Gasteiger partial charge in [0.05, 0.1) is 0 Å². The van der Waals surface area contributed by atoms with Crippen molar-refractivity contribution in [1.82, 2.24) is 9.80 Å². The SMILES string of the molecule is Cc1cc(N(C)C(=O)c2ccccc2)ccc1C(=O)N1CCCC(CC(=O)N2CCN(C)CC2)c2cc(Cl)ccc21. The number of hydrogen-bond acceptors (Lipinski definition) is 4. The van der Waals surface area contributed by atoms with E-state index in [4.69, 9.17) is 11.6 Å². The zero-order valence-electron chi connectivity index (χ0n) is 24.0. The van der Waals surface area contributed by atoms with E-state index in [9.17, 15) is 14.4 Å². The maximum Gasteiger partial charge on any atom is 0.258 e. The molecule has 0 radical (unpaired) electrons. The number of piperazine rings is 1. The van der Waals surface area contributed by atoms with Gasteiger partial charge < -0.3 is 19.6 Å². The van der Waals surface area contributed by atoms with Crippen LogP contribution in [0.1, 0.15) is 57.0 Å². The second kappa shape index (κ2) is 12.5. The number of rotatable bonds is 5. The third kappa shape index (κ3) is 6.31. The van der Waals surface area contributed by atoms with Gasteiger partial charge in [-0.15, -0.1) is 0 Å². The fourth-order valence-corrected chi connectivity index (χ4v) is 6.00. The van der Waals surface area contributed by atoms with Crippen molar-refractivity contribution in [2.24, 2.45) is 0 Å². The van der Waals surface area contributed by atoms with Crippen molar-refractivity contribution in [3.8, 4) is 0 Å². The monoisotopic (exact) mass is 572 g/mol. The number of aryl methyl sites for hydroxylation is 1. The molecule has 3 aromatic rings. The summed E-state index contributed by atoms with van der Waals surface area (Å²) >= 11 is 6.45. The molecule has 1 saturated heterocycles. The fourth-order valence-electron chi connectivity index (χ4n) is 5.82. The zero-order chi connectivity index (χ0) is 29.1. The van der Waals surface area contributed by atoms with Crippen molar-refractivity contribution in [3.63, 3.8) is 0 Å². The van der Waals surface area contributed by atoms with Crippen molar-refractivity contribution < 1.29 is 14.4 Å². The predicted octanol–water partition coefficient (Wildman–Crippen LogP) is 5.61. The molecular formula is C33H37ClN4O3. The van der Waals surface area contributed by atoms with Gasteiger partial charge in [0.25, 0.3) is 11.8 Å². The van der Waals surface area contributed by atoms with Crippen LogP contribution in [0.3, 0.4) is 0 Å². The first-order valence-electron chi connectivity index (χ1n) is 14.2. The summed E-state index contributed by atoms with van der Waals surface area (Å²) in [5.74, 6) is -0.0514. The van der Waals surface area contributed by atoms with Gasteiger partial charge in [0, 0.05) is 73.7 Å². The molecule has 0 N–H and O–H groups in total. The average molecular weight is 573 g/mol. The standard InChI is InChI=1S/C33H37ClN4O3/c1-23-20-27(36(3)32(40)24-8-5-4-6-9-24)12-13-28(23)33(41)38-15-7-10-25(29-22-26(34)11-14-30(29)38)21-31(39)37-18-16-35(2)17-19-37/h4-6,8-9,11-14,20,22,25H,7,10,15-19,21H2,1-3H3. The molecule has 1 fully saturated rings. The average Bonchev–Trinajstić information content (AvgIpc) is 3.15. The van der Waals surface area contributed by atoms with E-state index in [2.05, 4.69) is 11.9 Å². The molecule has 2 aliphatic rings. The molecule has 0 bridgehead atoms. The van der Waals surface area contributed by atoms with Crippen molar-refractivity contribution >= 4 is 40.7 Å². The Hall–Kier alpha value is -3.68. The number of likely N-dealkylation sites (N-methyl/N-ethyl adjacent to an activating group) is 1. The number of anilines is 2. The van der Waals surface area contributed by atoms with Crippen LogP contribution in [0.15, 0.2) is 66.7 Å². The molecule has 41 heavy (non-hydrogen) atoms. The first kappa shape index (κ1) is 28.8. The Kier molecular flexibility index (Phi) is 8.76. The predicted molar refractivity (Wildman–Crippen MR) is 164 cm³/mol. The minimum Gasteiger partial charge on any atom is -0.340 e. The van der Waals surface area contributed by atoms with Gasteiger partial charge in [0.1, 0.15) is 0 Å². The number of carbonyl (C=O) groups excluding carboxylic acids is 3. The highest BCUT2D eigenvalue weighted by molar-refractivity contribution is 6.30. The van der Waals surface area contributed by atoms with Crippen LogP contribution >= 0.6 is 11.6 Å². The second-order valence-electron chi connectivity index (χ2n) is 11.1. The summed E-state index contributed by atoms with van der Waals surface area (Å²) in [4.78, 5) is 47.8. The van der Waals surface area contributed by atoms with Gasteiger partial charge in [0.15, 0.2) is 0 Å². The van der Waals surface area contributed by atoms with Gasteiger partial charge in [-0.2, -0.15) is 0 Å². The highest BCUT2D eigenvalue weighted by atomic mass is 35.5. The lowest BCUT2D eigenvalue weighted by Crippen LogP contribution is -2.47. The van der Waals surface area contributed by atoms with Crippen LogP contribution in [-0.4, -0.2) is 74.3 Å². The molecule has 1 unspecified atom stereocenters. The number of benzene rings is 3. The van der Waals surface area contributed by atoms with Crippen LogP contribution in [0.2, 0.25) is 5.02 Å². The third-order valence-electron chi connectivity index (χ3n) is 8.33. The molecule has 8 heteroatoms. The van der Waals surface area contributed by atoms with Crippen LogP contribution in [0.4, 0.5) is 11.4 Å². The molecule has 214 valence electrons. The number of carbonyl (C=O) groups is 3. The quantitative estimate of drug-likeness (QED) is 0.398. The maximum atomic E-state index is 14.0. The Morgan fingerprint density at radius 3 is 2.37 bits per heavy atom. The highest BCUT2D eigenvalue weighted by Crippen LogP contribution is 2.39. The largest absolute Gasteiger partial charge is 0.340 e. The first-order valence-corrected chi connectivity index (χ1v) is 14.6. The van der Waals surface area contributed by atoms with Gasteiger partial charge in [-0.25, -0.2) is 0 Å². The molecule has 0 saturated carbocycles. The van der Waals surface area contributed by atoms with Crippen molar-refractivity contribution in [2.75, 3.05) is 56.6 Å². The van der Waals surface area contributed by atoms with Crippen LogP contribution in [-0.2, 0) is 4.79 Å². The molecule has 2 aliphatic heterocycles. The molecule has 2 heterocycles. The smallest absolute Gasteiger partial charge is 0.258 e. The summed E-state index contributed by atoms with van der Waals surface area (Å²) in [7, 11) is 3.82. The fraction of sp³-hybridized carbons (Fsp3) is 0.364. The summed E-state index contributed by atoms with van der Waals surface area (Å²) in [5, 5.41) is 0.599. The highest BCUT2D eigenvalue weighted by Gasteiger charge is 2.31. The lowest BCUT2D eigenvalue weighted by Gasteiger charge is -2.33. The van der Waals surface area contributed by atoms with E-state index in [0.717, 1.165) is 61.5 Å². The Balaban J connectivity index is 1.37. The lowest BCUT2D eigenvalue weighted by molar-refractivity contribution is -0.133. The Morgan fingerprint density at radius 2 is 1.66 bits per heavy atom. The molecule has 3 aromatic carbocycles. The molecule has 7 nitrogen and oxygen atoms in total. The molecule has 0 aromatic heterocycles. The van der Waals surface area contributed by atoms with E-state index in [0.29, 0.717) is 29.1 Å². The molecule has 3 amide bonds. The summed E-state index contributed by atoms with van der Waals surface area (Å²) in [5.41, 5.74) is 4.47. The van der Waals surface area contributed by atoms with E-state index in [1.54, 1.807) is 30.1 Å². The second-order valence-corrected chi connectivity index (χ2v) is 11.6. The van der Waals surface area contributed by atoms with Crippen LogP contribution < -0.4 is 9.80 Å². The van der Waals surface area contributed by atoms with Crippen molar-refractivity contribution in [2.45, 2.75) is 32.1 Å². The molecular weight excluding hydrogens is 536 g/mol. The number of hydrogen-bond donors (Lipinski definition) is 0. The lowest BCUT2D eigenvalue weighted by atomic mass is 9.90. The summed E-state index contributed by atoms with van der Waals surface area (Å²) < 4.78 is 0. The summed E-state index contributed by atoms with van der Waals surface area (Å²) in [6.07, 6.45) is 2.00. The Morgan fingerprint density at radius 1 is 0.927 bits per heavy atom. The van der Waals surface area contributed by atoms with Crippen LogP contribution in [0, 0.1) is 6.92 Å². The number of amides is 3. The molecule has 1 atom stereocenters. The van der Waals surface area contributed by atoms with Gasteiger partial charge in [-0.1, -0.05) is 29.8 Å². The third-order valence-corrected chi connectivity index (χ3v) is 8.56. The van der Waals surface area contributed by atoms with Crippen LogP contribution in [0.5, 0.6) is 0 Å². The minimum absolute atomic E-state index is 0.00484. The number of fused-ring (bicyclic) bond motifs is 1. The van der Waals surface area contributed by atoms with Gasteiger partial charge in [0.2, 0.25) is 5.91 Å². The Labute approximate surface area is 247 Å². The minimum atomic E-state index is -0.112. The normalized spacial score (nSPS) is 17.5. The topological polar surface area (TPSA) is 64.2 Å². The van der Waals surface area contributed by atoms with Crippen LogP contribution in [0.25, 0.3) is 0 Å². The van der Waals surface area contributed by atoms with E-state index in [-0.39, 0.29) is 23.6 Å². The summed E-state index contributed by atoms with van der Waals surface area (Å²) in [6, 6.07) is 20.3. The maximum absolute atomic E-state index is 14.0. The summed E-state index contributed by atoms with van der Waals surface area (Å²) in [6.45, 7) is 5.72. The van der Waals surface area contributed by atoms with Crippen molar-refractivity contribution in [1.29, 1.82) is 0 Å². The van der Waals surface area contributed by atoms with E-state index in [1.807, 2.05) is 65.3 Å². The van der Waals surface area contributed by atoms with Gasteiger partial charge >= 0.3 is 0 Å². The first-order chi connectivity index (χ1) is 19.7. The molecule has 0 spiro atoms. The molecule has 0 aliphatic carbocycles.